The molecule has 2 aliphatic rings. The molecule has 0 fully saturated rings. The molecule has 0 aliphatic heterocycles. The largest absolute Gasteiger partial charge is 0.143 e. The van der Waals surface area contributed by atoms with Crippen LogP contribution in [0.4, 0.5) is 0 Å². The second-order valence-corrected chi connectivity index (χ2v) is 9.57. The van der Waals surface area contributed by atoms with Crippen LogP contribution in [0.2, 0.25) is 0 Å². The highest BCUT2D eigenvalue weighted by molar-refractivity contribution is 8.02. The van der Waals surface area contributed by atoms with Gasteiger partial charge in [-0.05, 0) is 25.3 Å². The quantitative estimate of drug-likeness (QED) is 0.607. The SMILES string of the molecule is CC1=CC=CCC1(SC(C)(C)C)C(C)(C)C1=CCC=C1. The molecule has 1 heteroatoms. The molecule has 0 saturated carbocycles. The zero-order valence-corrected chi connectivity index (χ0v) is 14.6. The van der Waals surface area contributed by atoms with Crippen molar-refractivity contribution in [2.75, 3.05) is 0 Å². The minimum Gasteiger partial charge on any atom is -0.143 e. The Morgan fingerprint density at radius 3 is 2.30 bits per heavy atom. The van der Waals surface area contributed by atoms with Crippen LogP contribution < -0.4 is 0 Å². The van der Waals surface area contributed by atoms with Crippen molar-refractivity contribution in [3.05, 3.63) is 47.6 Å². The lowest BCUT2D eigenvalue weighted by Crippen LogP contribution is -2.46. The van der Waals surface area contributed by atoms with Gasteiger partial charge in [-0.1, -0.05) is 76.6 Å². The summed E-state index contributed by atoms with van der Waals surface area (Å²) in [5.74, 6) is 0. The van der Waals surface area contributed by atoms with E-state index in [0.717, 1.165) is 12.8 Å². The zero-order valence-electron chi connectivity index (χ0n) is 13.8. The summed E-state index contributed by atoms with van der Waals surface area (Å²) in [6.45, 7) is 14.1. The molecule has 0 heterocycles. The maximum atomic E-state index is 2.42. The summed E-state index contributed by atoms with van der Waals surface area (Å²) in [6.07, 6.45) is 16.1. The molecule has 0 bridgehead atoms. The van der Waals surface area contributed by atoms with E-state index < -0.39 is 0 Å². The Labute approximate surface area is 129 Å². The van der Waals surface area contributed by atoms with Crippen LogP contribution >= 0.6 is 11.8 Å². The Morgan fingerprint density at radius 1 is 1.10 bits per heavy atom. The summed E-state index contributed by atoms with van der Waals surface area (Å²) in [7, 11) is 0. The number of rotatable bonds is 3. The first-order chi connectivity index (χ1) is 9.19. The average molecular weight is 288 g/mol. The highest BCUT2D eigenvalue weighted by Crippen LogP contribution is 2.58. The van der Waals surface area contributed by atoms with Crippen molar-refractivity contribution in [2.45, 2.75) is 63.9 Å². The summed E-state index contributed by atoms with van der Waals surface area (Å²) >= 11 is 2.13. The molecule has 0 aromatic heterocycles. The molecule has 1 atom stereocenters. The summed E-state index contributed by atoms with van der Waals surface area (Å²) in [4.78, 5) is 0. The van der Waals surface area contributed by atoms with E-state index in [0.29, 0.717) is 0 Å². The topological polar surface area (TPSA) is 0 Å². The Bertz CT molecular complexity index is 494. The highest BCUT2D eigenvalue weighted by Gasteiger charge is 2.50. The van der Waals surface area contributed by atoms with Crippen molar-refractivity contribution < 1.29 is 0 Å². The fraction of sp³-hybridized carbons (Fsp3) is 0.579. The lowest BCUT2D eigenvalue weighted by molar-refractivity contribution is 0.347. The normalized spacial score (nSPS) is 26.7. The van der Waals surface area contributed by atoms with Crippen molar-refractivity contribution in [2.24, 2.45) is 5.41 Å². The van der Waals surface area contributed by atoms with E-state index in [-0.39, 0.29) is 14.9 Å². The predicted octanol–water partition coefficient (Wildman–Crippen LogP) is 6.08. The molecule has 0 N–H and O–H groups in total. The molecule has 2 rings (SSSR count). The average Bonchev–Trinajstić information content (AvgIpc) is 2.84. The predicted molar refractivity (Wildman–Crippen MR) is 93.2 cm³/mol. The fourth-order valence-corrected chi connectivity index (χ4v) is 5.24. The third-order valence-corrected chi connectivity index (χ3v) is 6.47. The standard InChI is InChI=1S/C19H28S/c1-15-11-9-10-14-19(15,20-17(2,3)4)18(5,6)16-12-7-8-13-16/h7,9-13H,8,14H2,1-6H3. The van der Waals surface area contributed by atoms with Gasteiger partial charge in [-0.2, -0.15) is 0 Å². The first-order valence-electron chi connectivity index (χ1n) is 7.60. The van der Waals surface area contributed by atoms with Crippen LogP contribution in [0.5, 0.6) is 0 Å². The molecule has 2 aliphatic carbocycles. The molecule has 20 heavy (non-hydrogen) atoms. The molecule has 0 aromatic carbocycles. The van der Waals surface area contributed by atoms with Gasteiger partial charge >= 0.3 is 0 Å². The first kappa shape index (κ1) is 15.7. The van der Waals surface area contributed by atoms with Gasteiger partial charge in [0.05, 0.1) is 0 Å². The van der Waals surface area contributed by atoms with Crippen LogP contribution in [0.1, 0.15) is 54.4 Å². The van der Waals surface area contributed by atoms with Crippen molar-refractivity contribution in [3.8, 4) is 0 Å². The molecule has 110 valence electrons. The van der Waals surface area contributed by atoms with E-state index in [9.17, 15) is 0 Å². The van der Waals surface area contributed by atoms with Crippen LogP contribution in [-0.4, -0.2) is 9.49 Å². The third kappa shape index (κ3) is 2.70. The number of thioether (sulfide) groups is 1. The Balaban J connectivity index is 2.49. The van der Waals surface area contributed by atoms with Crippen molar-refractivity contribution in [1.29, 1.82) is 0 Å². The second kappa shape index (κ2) is 5.26. The van der Waals surface area contributed by atoms with Gasteiger partial charge < -0.3 is 0 Å². The van der Waals surface area contributed by atoms with Crippen LogP contribution in [-0.2, 0) is 0 Å². The maximum Gasteiger partial charge on any atom is 0.0499 e. The molecule has 0 saturated heterocycles. The molecule has 0 spiro atoms. The van der Waals surface area contributed by atoms with E-state index in [4.69, 9.17) is 0 Å². The molecular formula is C19H28S. The Morgan fingerprint density at radius 2 is 1.80 bits per heavy atom. The summed E-state index contributed by atoms with van der Waals surface area (Å²) in [5.41, 5.74) is 3.15. The fourth-order valence-electron chi connectivity index (χ4n) is 3.42. The van der Waals surface area contributed by atoms with Gasteiger partial charge in [-0.15, -0.1) is 11.8 Å². The lowest BCUT2D eigenvalue weighted by Gasteiger charge is -2.51. The van der Waals surface area contributed by atoms with Crippen LogP contribution in [0, 0.1) is 5.41 Å². The molecule has 0 aromatic rings. The monoisotopic (exact) mass is 288 g/mol. The minimum absolute atomic E-state index is 0.142. The van der Waals surface area contributed by atoms with E-state index in [1.54, 1.807) is 0 Å². The molecular weight excluding hydrogens is 260 g/mol. The number of hydrogen-bond acceptors (Lipinski definition) is 1. The van der Waals surface area contributed by atoms with Gasteiger partial charge in [-0.3, -0.25) is 0 Å². The lowest BCUT2D eigenvalue weighted by atomic mass is 9.67. The van der Waals surface area contributed by atoms with Crippen LogP contribution in [0.3, 0.4) is 0 Å². The van der Waals surface area contributed by atoms with Crippen LogP contribution in [0.25, 0.3) is 0 Å². The molecule has 0 amide bonds. The van der Waals surface area contributed by atoms with Gasteiger partial charge in [-0.25, -0.2) is 0 Å². The van der Waals surface area contributed by atoms with E-state index in [1.165, 1.54) is 11.1 Å². The van der Waals surface area contributed by atoms with Crippen molar-refractivity contribution in [3.63, 3.8) is 0 Å². The Hall–Kier alpha value is -0.690. The number of hydrogen-bond donors (Lipinski definition) is 0. The Kier molecular flexibility index (Phi) is 4.12. The van der Waals surface area contributed by atoms with Crippen molar-refractivity contribution in [1.82, 2.24) is 0 Å². The maximum absolute atomic E-state index is 2.42. The highest BCUT2D eigenvalue weighted by atomic mass is 32.2. The third-order valence-electron chi connectivity index (χ3n) is 4.51. The zero-order chi connectivity index (χ0) is 15.0. The van der Waals surface area contributed by atoms with E-state index in [1.807, 2.05) is 0 Å². The summed E-state index contributed by atoms with van der Waals surface area (Å²) < 4.78 is 0.404. The smallest absolute Gasteiger partial charge is 0.0499 e. The molecule has 0 nitrogen and oxygen atoms in total. The van der Waals surface area contributed by atoms with Crippen molar-refractivity contribution >= 4 is 11.8 Å². The second-order valence-electron chi connectivity index (χ2n) is 7.45. The minimum atomic E-state index is 0.142. The van der Waals surface area contributed by atoms with E-state index >= 15 is 0 Å². The van der Waals surface area contributed by atoms with Gasteiger partial charge in [0.1, 0.15) is 0 Å². The van der Waals surface area contributed by atoms with Gasteiger partial charge in [0.15, 0.2) is 0 Å². The molecule has 0 radical (unpaired) electrons. The van der Waals surface area contributed by atoms with Crippen LogP contribution in [0.15, 0.2) is 47.6 Å². The first-order valence-corrected chi connectivity index (χ1v) is 8.42. The molecule has 1 unspecified atom stereocenters. The summed E-state index contributed by atoms with van der Waals surface area (Å²) in [5, 5.41) is 0. The van der Waals surface area contributed by atoms with Gasteiger partial charge in [0, 0.05) is 14.9 Å². The van der Waals surface area contributed by atoms with E-state index in [2.05, 4.69) is 89.8 Å². The summed E-state index contributed by atoms with van der Waals surface area (Å²) in [6, 6.07) is 0. The van der Waals surface area contributed by atoms with Gasteiger partial charge in [0.2, 0.25) is 0 Å². The van der Waals surface area contributed by atoms with Gasteiger partial charge in [0.25, 0.3) is 0 Å². The number of allylic oxidation sites excluding steroid dienone is 7.